The van der Waals surface area contributed by atoms with Gasteiger partial charge in [-0.15, -0.1) is 0 Å². The Labute approximate surface area is 399 Å². The SMILES string of the molecule is CN[C@@H](CO)C(=O)C(=O)[C@H](CCCN=C(N)N)NC(=O)[C@H](CCCN=C(N)N)NC(=O)C(CCCN=C(N)N)NC(=O)[C@H](CCCN=C(N)N)NC(=O)C(CCCN=C(N)N)NC(=O)CNC(C)=O. The Morgan fingerprint density at radius 3 is 0.942 bits per heavy atom. The van der Waals surface area contributed by atoms with Gasteiger partial charge in [-0.2, -0.15) is 0 Å². The van der Waals surface area contributed by atoms with E-state index in [9.17, 15) is 43.5 Å². The van der Waals surface area contributed by atoms with Crippen LogP contribution < -0.4 is 94.6 Å². The minimum atomic E-state index is -1.47. The van der Waals surface area contributed by atoms with Crippen molar-refractivity contribution in [1.29, 1.82) is 0 Å². The predicted octanol–water partition coefficient (Wildman–Crippen LogP) is -9.47. The monoisotopic (exact) mass is 983 g/mol. The highest BCUT2D eigenvalue weighted by Gasteiger charge is 2.35. The quantitative estimate of drug-likeness (QED) is 0.0120. The van der Waals surface area contributed by atoms with E-state index < -0.39 is 96.4 Å². The summed E-state index contributed by atoms with van der Waals surface area (Å²) in [5.74, 6) is -8.06. The molecule has 0 aliphatic carbocycles. The van der Waals surface area contributed by atoms with E-state index in [1.165, 1.54) is 14.0 Å². The number of guanidine groups is 5. The molecule has 0 spiro atoms. The maximum atomic E-state index is 14.3. The average molecular weight is 983 g/mol. The molecule has 0 bridgehead atoms. The molecule has 0 rings (SSSR count). The van der Waals surface area contributed by atoms with Crippen LogP contribution in [0.1, 0.15) is 71.1 Å². The summed E-state index contributed by atoms with van der Waals surface area (Å²) < 4.78 is 0. The first-order valence-corrected chi connectivity index (χ1v) is 21.9. The molecule has 6 amide bonds. The number of carbonyl (C=O) groups is 8. The van der Waals surface area contributed by atoms with Crippen LogP contribution in [0.3, 0.4) is 0 Å². The number of nitrogens with one attached hydrogen (secondary N) is 7. The number of nitrogens with two attached hydrogens (primary N) is 10. The molecule has 0 aromatic heterocycles. The number of Topliss-reactive ketones (excluding diaryl/α,β-unsaturated/α-hetero) is 2. The molecule has 2 unspecified atom stereocenters. The highest BCUT2D eigenvalue weighted by molar-refractivity contribution is 6.41. The second-order valence-electron chi connectivity index (χ2n) is 15.3. The van der Waals surface area contributed by atoms with Crippen LogP contribution in [-0.2, 0) is 38.4 Å². The smallest absolute Gasteiger partial charge is 0.243 e. The zero-order valence-corrected chi connectivity index (χ0v) is 39.2. The van der Waals surface area contributed by atoms with Gasteiger partial charge in [0.05, 0.1) is 25.2 Å². The number of amides is 6. The fraction of sp³-hybridized carbons (Fsp3) is 0.658. The van der Waals surface area contributed by atoms with E-state index >= 15 is 0 Å². The number of ketones is 2. The molecule has 0 aromatic carbocycles. The summed E-state index contributed by atoms with van der Waals surface area (Å²) in [7, 11) is 1.35. The number of carbonyl (C=O) groups excluding carboxylic acids is 8. The van der Waals surface area contributed by atoms with E-state index in [1.807, 2.05) is 0 Å². The molecule has 0 aliphatic rings. The fourth-order valence-electron chi connectivity index (χ4n) is 6.05. The summed E-state index contributed by atoms with van der Waals surface area (Å²) in [4.78, 5) is 127. The van der Waals surface area contributed by atoms with Crippen molar-refractivity contribution < 1.29 is 43.5 Å². The van der Waals surface area contributed by atoms with Gasteiger partial charge in [0, 0.05) is 39.6 Å². The molecule has 0 aromatic rings. The highest BCUT2D eigenvalue weighted by Crippen LogP contribution is 2.10. The number of likely N-dealkylation sites (N-methyl/N-ethyl adjacent to an activating group) is 1. The number of nitrogens with zero attached hydrogens (tertiary/aromatic N) is 5. The third-order valence-electron chi connectivity index (χ3n) is 9.50. The lowest BCUT2D eigenvalue weighted by atomic mass is 9.98. The molecule has 0 heterocycles. The van der Waals surface area contributed by atoms with Crippen molar-refractivity contribution in [3.63, 3.8) is 0 Å². The van der Waals surface area contributed by atoms with Gasteiger partial charge in [-0.05, 0) is 71.3 Å². The first kappa shape index (κ1) is 61.4. The van der Waals surface area contributed by atoms with E-state index in [2.05, 4.69) is 62.2 Å². The molecule has 390 valence electrons. The molecule has 69 heavy (non-hydrogen) atoms. The third-order valence-corrected chi connectivity index (χ3v) is 9.50. The van der Waals surface area contributed by atoms with Crippen LogP contribution >= 0.6 is 0 Å². The molecule has 0 radical (unpaired) electrons. The molecule has 0 saturated heterocycles. The highest BCUT2D eigenvalue weighted by atomic mass is 16.3. The Bertz CT molecular complexity index is 1840. The average Bonchev–Trinajstić information content (AvgIpc) is 3.27. The zero-order chi connectivity index (χ0) is 52.5. The van der Waals surface area contributed by atoms with Gasteiger partial charge in [0.15, 0.2) is 29.8 Å². The van der Waals surface area contributed by atoms with Crippen molar-refractivity contribution in [2.45, 2.75) is 107 Å². The lowest BCUT2D eigenvalue weighted by molar-refractivity contribution is -0.141. The summed E-state index contributed by atoms with van der Waals surface area (Å²) in [6.45, 7) is 0.133. The summed E-state index contributed by atoms with van der Waals surface area (Å²) in [6, 6.07) is -8.30. The normalized spacial score (nSPS) is 13.1. The Morgan fingerprint density at radius 2 is 0.681 bits per heavy atom. The molecule has 0 saturated carbocycles. The number of hydrogen-bond donors (Lipinski definition) is 18. The zero-order valence-electron chi connectivity index (χ0n) is 39.2. The van der Waals surface area contributed by atoms with Crippen LogP contribution in [0.4, 0.5) is 0 Å². The Hall–Kier alpha value is -7.57. The van der Waals surface area contributed by atoms with Crippen molar-refractivity contribution in [2.24, 2.45) is 82.3 Å². The van der Waals surface area contributed by atoms with Gasteiger partial charge in [-0.1, -0.05) is 0 Å². The van der Waals surface area contributed by atoms with Gasteiger partial charge in [0.1, 0.15) is 24.2 Å². The van der Waals surface area contributed by atoms with Crippen LogP contribution in [0.25, 0.3) is 0 Å². The molecule has 31 nitrogen and oxygen atoms in total. The molecular weight excluding hydrogens is 909 g/mol. The van der Waals surface area contributed by atoms with Gasteiger partial charge in [0.2, 0.25) is 47.0 Å². The summed E-state index contributed by atoms with van der Waals surface area (Å²) in [6.07, 6.45) is 0.104. The second-order valence-corrected chi connectivity index (χ2v) is 15.3. The van der Waals surface area contributed by atoms with E-state index in [0.29, 0.717) is 0 Å². The van der Waals surface area contributed by atoms with E-state index in [1.54, 1.807) is 0 Å². The molecule has 0 fully saturated rings. The van der Waals surface area contributed by atoms with Gasteiger partial charge in [-0.3, -0.25) is 63.3 Å². The van der Waals surface area contributed by atoms with E-state index in [4.69, 9.17) is 57.3 Å². The number of hydrogen-bond acceptors (Lipinski definition) is 15. The van der Waals surface area contributed by atoms with Gasteiger partial charge >= 0.3 is 0 Å². The van der Waals surface area contributed by atoms with Crippen LogP contribution in [0, 0.1) is 0 Å². The molecule has 28 N–H and O–H groups in total. The molecule has 0 aliphatic heterocycles. The van der Waals surface area contributed by atoms with Crippen molar-refractivity contribution in [1.82, 2.24) is 37.2 Å². The second kappa shape index (κ2) is 34.7. The molecular formula is C38H74N22O9. The van der Waals surface area contributed by atoms with Gasteiger partial charge in [0.25, 0.3) is 0 Å². The van der Waals surface area contributed by atoms with Crippen molar-refractivity contribution in [3.05, 3.63) is 0 Å². The molecule has 6 atom stereocenters. The lowest BCUT2D eigenvalue weighted by Gasteiger charge is -2.27. The predicted molar refractivity (Wildman–Crippen MR) is 258 cm³/mol. The van der Waals surface area contributed by atoms with E-state index in [0.717, 1.165) is 0 Å². The Morgan fingerprint density at radius 1 is 0.420 bits per heavy atom. The van der Waals surface area contributed by atoms with Crippen molar-refractivity contribution in [3.8, 4) is 0 Å². The Kier molecular flexibility index (Phi) is 30.9. The van der Waals surface area contributed by atoms with Crippen molar-refractivity contribution >= 4 is 76.8 Å². The fourth-order valence-corrected chi connectivity index (χ4v) is 6.05. The minimum Gasteiger partial charge on any atom is -0.394 e. The number of aliphatic hydroxyl groups is 1. The van der Waals surface area contributed by atoms with Crippen LogP contribution in [0.2, 0.25) is 0 Å². The number of rotatable bonds is 36. The third kappa shape index (κ3) is 28.9. The first-order valence-electron chi connectivity index (χ1n) is 21.9. The number of aliphatic imine (C=N–C) groups is 5. The van der Waals surface area contributed by atoms with Gasteiger partial charge < -0.3 is 99.7 Å². The lowest BCUT2D eigenvalue weighted by Crippen LogP contribution is -2.59. The van der Waals surface area contributed by atoms with Crippen LogP contribution in [0.15, 0.2) is 25.0 Å². The largest absolute Gasteiger partial charge is 0.394 e. The van der Waals surface area contributed by atoms with Crippen LogP contribution in [0.5, 0.6) is 0 Å². The topological polar surface area (TPSA) is 563 Å². The van der Waals surface area contributed by atoms with Crippen molar-refractivity contribution in [2.75, 3.05) is 52.9 Å². The van der Waals surface area contributed by atoms with Gasteiger partial charge in [-0.25, -0.2) is 0 Å². The Balaban J connectivity index is 7.04. The number of aliphatic hydroxyl groups excluding tert-OH is 1. The molecule has 31 heteroatoms. The van der Waals surface area contributed by atoms with E-state index in [-0.39, 0.29) is 127 Å². The standard InChI is InChI=1S/C38H74N22O9/c1-20(62)55-18-27(63)56-22(9-4-14-51-35(41)42)30(66)58-24(11-6-16-53-37(45)46)32(68)60-25(12-7-17-54-38(47)48)33(69)59-23(10-5-15-52-36(43)44)31(67)57-21(8-3-13-50-34(39)40)28(64)29(65)26(19-61)49-2/h21-26,49,61H,3-19H2,1-2H3,(H,55,62)(H,56,63)(H,57,67)(H,58,66)(H,59,69)(H,60,68)(H4,39,40,50)(H4,41,42,51)(H4,43,44,52)(H4,45,46,53)(H4,47,48,54)/t21-,22?,23-,24-,25?,26-/m0/s1. The van der Waals surface area contributed by atoms with Crippen LogP contribution in [-0.4, -0.2) is 171 Å². The minimum absolute atomic E-state index is 0.00192. The summed E-state index contributed by atoms with van der Waals surface area (Å²) in [5, 5.41) is 27.4. The summed E-state index contributed by atoms with van der Waals surface area (Å²) in [5.41, 5.74) is 54.6. The maximum Gasteiger partial charge on any atom is 0.243 e. The first-order chi connectivity index (χ1) is 32.5. The maximum absolute atomic E-state index is 14.3. The summed E-state index contributed by atoms with van der Waals surface area (Å²) >= 11 is 0.